The van der Waals surface area contributed by atoms with Crippen LogP contribution in [0, 0.1) is 5.92 Å². The van der Waals surface area contributed by atoms with Gasteiger partial charge in [-0.3, -0.25) is 4.99 Å². The van der Waals surface area contributed by atoms with Crippen molar-refractivity contribution < 1.29 is 9.47 Å². The smallest absolute Gasteiger partial charge is 0.191 e. The number of nitrogens with one attached hydrogen (secondary N) is 2. The van der Waals surface area contributed by atoms with Gasteiger partial charge in [-0.25, -0.2) is 0 Å². The molecule has 1 unspecified atom stereocenters. The highest BCUT2D eigenvalue weighted by Gasteiger charge is 2.29. The average molecular weight is 413 g/mol. The Morgan fingerprint density at radius 1 is 1.33 bits per heavy atom. The van der Waals surface area contributed by atoms with Crippen molar-refractivity contribution in [2.45, 2.75) is 45.6 Å². The number of rotatable bonds is 8. The van der Waals surface area contributed by atoms with Gasteiger partial charge in [-0.05, 0) is 32.1 Å². The third-order valence-corrected chi connectivity index (χ3v) is 3.53. The van der Waals surface area contributed by atoms with E-state index in [0.29, 0.717) is 12.5 Å². The fourth-order valence-corrected chi connectivity index (χ4v) is 2.13. The normalized spacial score (nSPS) is 22.2. The van der Waals surface area contributed by atoms with Crippen molar-refractivity contribution in [2.24, 2.45) is 10.9 Å². The van der Waals surface area contributed by atoms with E-state index in [4.69, 9.17) is 9.47 Å². The van der Waals surface area contributed by atoms with Crippen LogP contribution in [0.1, 0.15) is 40.0 Å². The van der Waals surface area contributed by atoms with Crippen molar-refractivity contribution >= 4 is 29.9 Å². The summed E-state index contributed by atoms with van der Waals surface area (Å²) in [5, 5.41) is 6.58. The molecule has 1 aliphatic heterocycles. The molecule has 1 atom stereocenters. The molecule has 1 saturated heterocycles. The van der Waals surface area contributed by atoms with Crippen molar-refractivity contribution in [3.8, 4) is 0 Å². The Hall–Kier alpha value is -0.0800. The van der Waals surface area contributed by atoms with Gasteiger partial charge in [-0.2, -0.15) is 0 Å². The molecule has 21 heavy (non-hydrogen) atoms. The minimum absolute atomic E-state index is 0. The second-order valence-corrected chi connectivity index (χ2v) is 6.05. The van der Waals surface area contributed by atoms with Crippen LogP contribution < -0.4 is 10.6 Å². The molecule has 0 aromatic carbocycles. The maximum Gasteiger partial charge on any atom is 0.191 e. The Balaban J connectivity index is 0.00000400. The molecule has 1 rings (SSSR count). The molecule has 0 amide bonds. The lowest BCUT2D eigenvalue weighted by Gasteiger charge is -2.24. The highest BCUT2D eigenvalue weighted by molar-refractivity contribution is 14.0. The molecule has 0 bridgehead atoms. The number of hydrogen-bond acceptors (Lipinski definition) is 3. The highest BCUT2D eigenvalue weighted by Crippen LogP contribution is 2.23. The van der Waals surface area contributed by atoms with Gasteiger partial charge in [0, 0.05) is 33.4 Å². The molecular formula is C15H32IN3O2. The van der Waals surface area contributed by atoms with E-state index in [-0.39, 0.29) is 29.6 Å². The van der Waals surface area contributed by atoms with Crippen LogP contribution in [0.25, 0.3) is 0 Å². The Morgan fingerprint density at radius 3 is 2.67 bits per heavy atom. The van der Waals surface area contributed by atoms with E-state index in [0.717, 1.165) is 51.5 Å². The first-order chi connectivity index (χ1) is 9.56. The number of ether oxygens (including phenoxy) is 2. The maximum atomic E-state index is 5.75. The van der Waals surface area contributed by atoms with Gasteiger partial charge in [0.05, 0.1) is 12.2 Å². The summed E-state index contributed by atoms with van der Waals surface area (Å²) in [5.74, 6) is 1.51. The van der Waals surface area contributed by atoms with Gasteiger partial charge in [0.1, 0.15) is 0 Å². The molecule has 1 aliphatic rings. The highest BCUT2D eigenvalue weighted by atomic mass is 127. The molecule has 0 aromatic heterocycles. The van der Waals surface area contributed by atoms with Crippen molar-refractivity contribution in [3.05, 3.63) is 0 Å². The lowest BCUT2D eigenvalue weighted by atomic mass is 10.0. The first kappa shape index (κ1) is 20.9. The van der Waals surface area contributed by atoms with Crippen molar-refractivity contribution in [1.29, 1.82) is 0 Å². The minimum atomic E-state index is -0.0502. The molecule has 126 valence electrons. The van der Waals surface area contributed by atoms with Crippen molar-refractivity contribution in [2.75, 3.05) is 40.0 Å². The second kappa shape index (κ2) is 11.5. The average Bonchev–Trinajstić information content (AvgIpc) is 2.84. The first-order valence-corrected chi connectivity index (χ1v) is 7.72. The molecule has 5 nitrogen and oxygen atoms in total. The standard InChI is InChI=1S/C15H31N3O2.HI/c1-13(2)6-10-19-11-8-17-14(16-4)18-12-15(3)7-5-9-20-15;/h13H,5-12H2,1-4H3,(H2,16,17,18);1H. The molecule has 0 aromatic rings. The quantitative estimate of drug-likeness (QED) is 0.278. The molecule has 1 fully saturated rings. The first-order valence-electron chi connectivity index (χ1n) is 7.72. The fourth-order valence-electron chi connectivity index (χ4n) is 2.13. The van der Waals surface area contributed by atoms with Gasteiger partial charge in [0.2, 0.25) is 0 Å². The summed E-state index contributed by atoms with van der Waals surface area (Å²) >= 11 is 0. The Labute approximate surface area is 146 Å². The Kier molecular flexibility index (Phi) is 11.4. The lowest BCUT2D eigenvalue weighted by Crippen LogP contribution is -2.46. The Bertz CT molecular complexity index is 293. The summed E-state index contributed by atoms with van der Waals surface area (Å²) in [6, 6.07) is 0. The minimum Gasteiger partial charge on any atom is -0.380 e. The van der Waals surface area contributed by atoms with Crippen LogP contribution in [0.2, 0.25) is 0 Å². The Morgan fingerprint density at radius 2 is 2.10 bits per heavy atom. The number of aliphatic imine (C=N–C) groups is 1. The van der Waals surface area contributed by atoms with E-state index in [2.05, 4.69) is 36.4 Å². The topological polar surface area (TPSA) is 54.9 Å². The van der Waals surface area contributed by atoms with Crippen LogP contribution in [0.5, 0.6) is 0 Å². The lowest BCUT2D eigenvalue weighted by molar-refractivity contribution is 0.0242. The van der Waals surface area contributed by atoms with Gasteiger partial charge in [0.25, 0.3) is 0 Å². The van der Waals surface area contributed by atoms with Gasteiger partial charge in [-0.15, -0.1) is 24.0 Å². The number of halogens is 1. The monoisotopic (exact) mass is 413 g/mol. The molecule has 0 saturated carbocycles. The zero-order chi connectivity index (χ0) is 14.8. The summed E-state index contributed by atoms with van der Waals surface area (Å²) in [6.07, 6.45) is 3.37. The molecule has 2 N–H and O–H groups in total. The molecule has 6 heteroatoms. The summed E-state index contributed by atoms with van der Waals surface area (Å²) < 4.78 is 11.3. The zero-order valence-electron chi connectivity index (χ0n) is 13.9. The van der Waals surface area contributed by atoms with E-state index >= 15 is 0 Å². The van der Waals surface area contributed by atoms with E-state index in [1.54, 1.807) is 7.05 Å². The number of guanidine groups is 1. The third-order valence-electron chi connectivity index (χ3n) is 3.53. The predicted octanol–water partition coefficient (Wildman–Crippen LogP) is 2.40. The summed E-state index contributed by atoms with van der Waals surface area (Å²) in [6.45, 7) is 10.5. The zero-order valence-corrected chi connectivity index (χ0v) is 16.2. The SMILES string of the molecule is CN=C(NCCOCCC(C)C)NCC1(C)CCCO1.I. The van der Waals surface area contributed by atoms with Crippen LogP contribution in [-0.2, 0) is 9.47 Å². The van der Waals surface area contributed by atoms with Gasteiger partial charge < -0.3 is 20.1 Å². The van der Waals surface area contributed by atoms with Crippen LogP contribution in [0.15, 0.2) is 4.99 Å². The van der Waals surface area contributed by atoms with Gasteiger partial charge >= 0.3 is 0 Å². The largest absolute Gasteiger partial charge is 0.380 e. The number of nitrogens with zero attached hydrogens (tertiary/aromatic N) is 1. The van der Waals surface area contributed by atoms with Crippen LogP contribution in [-0.4, -0.2) is 51.5 Å². The summed E-state index contributed by atoms with van der Waals surface area (Å²) in [4.78, 5) is 4.21. The van der Waals surface area contributed by atoms with Crippen LogP contribution in [0.4, 0.5) is 0 Å². The summed E-state index contributed by atoms with van der Waals surface area (Å²) in [7, 11) is 1.78. The molecule has 0 aliphatic carbocycles. The molecule has 1 heterocycles. The third kappa shape index (κ3) is 9.52. The van der Waals surface area contributed by atoms with Crippen molar-refractivity contribution in [1.82, 2.24) is 10.6 Å². The van der Waals surface area contributed by atoms with E-state index in [9.17, 15) is 0 Å². The van der Waals surface area contributed by atoms with Gasteiger partial charge in [-0.1, -0.05) is 13.8 Å². The molecule has 0 radical (unpaired) electrons. The van der Waals surface area contributed by atoms with Crippen LogP contribution >= 0.6 is 24.0 Å². The second-order valence-electron chi connectivity index (χ2n) is 6.05. The van der Waals surface area contributed by atoms with E-state index in [1.807, 2.05) is 0 Å². The number of hydrogen-bond donors (Lipinski definition) is 2. The molecular weight excluding hydrogens is 381 g/mol. The maximum absolute atomic E-state index is 5.75. The van der Waals surface area contributed by atoms with Crippen molar-refractivity contribution in [3.63, 3.8) is 0 Å². The van der Waals surface area contributed by atoms with Crippen LogP contribution in [0.3, 0.4) is 0 Å². The molecule has 0 spiro atoms. The van der Waals surface area contributed by atoms with Gasteiger partial charge in [0.15, 0.2) is 5.96 Å². The predicted molar refractivity (Wildman–Crippen MR) is 98.6 cm³/mol. The fraction of sp³-hybridized carbons (Fsp3) is 0.933. The van der Waals surface area contributed by atoms with E-state index < -0.39 is 0 Å². The van der Waals surface area contributed by atoms with E-state index in [1.165, 1.54) is 0 Å². The summed E-state index contributed by atoms with van der Waals surface area (Å²) in [5.41, 5.74) is -0.0502.